The van der Waals surface area contributed by atoms with Crippen molar-refractivity contribution in [2.24, 2.45) is 0 Å². The van der Waals surface area contributed by atoms with Crippen LogP contribution in [0.15, 0.2) is 30.7 Å². The molecule has 0 bridgehead atoms. The van der Waals surface area contributed by atoms with E-state index in [1.165, 1.54) is 0 Å². The van der Waals surface area contributed by atoms with Crippen molar-refractivity contribution in [2.45, 2.75) is 19.9 Å². The summed E-state index contributed by atoms with van der Waals surface area (Å²) in [4.78, 5) is 8.63. The molecule has 0 saturated carbocycles. The highest BCUT2D eigenvalue weighted by Gasteiger charge is 2.10. The Bertz CT molecular complexity index is 509. The topological polar surface area (TPSA) is 52.0 Å². The van der Waals surface area contributed by atoms with Gasteiger partial charge in [0.15, 0.2) is 5.82 Å². The number of hydrogen-bond donors (Lipinski definition) is 1. The summed E-state index contributed by atoms with van der Waals surface area (Å²) in [5, 5.41) is 3.39. The summed E-state index contributed by atoms with van der Waals surface area (Å²) in [5.41, 5.74) is 0.975. The molecule has 0 aliphatic carbocycles. The molecule has 18 heavy (non-hydrogen) atoms. The van der Waals surface area contributed by atoms with Gasteiger partial charge in [0.25, 0.3) is 0 Å². The fourth-order valence-corrected chi connectivity index (χ4v) is 1.86. The molecule has 5 nitrogen and oxygen atoms in total. The first-order valence-electron chi connectivity index (χ1n) is 5.93. The summed E-state index contributed by atoms with van der Waals surface area (Å²) in [5.74, 6) is 1.77. The first-order valence-corrected chi connectivity index (χ1v) is 5.93. The largest absolute Gasteiger partial charge is 0.383 e. The zero-order valence-corrected chi connectivity index (χ0v) is 10.9. The SMILES string of the molecule is COCC(C)Nc1cccnc1-n1ccnc1C. The van der Waals surface area contributed by atoms with Gasteiger partial charge >= 0.3 is 0 Å². The minimum atomic E-state index is 0.224. The van der Waals surface area contributed by atoms with Gasteiger partial charge in [-0.2, -0.15) is 0 Å². The number of aryl methyl sites for hydroxylation is 1. The third-order valence-electron chi connectivity index (χ3n) is 2.66. The molecule has 0 saturated heterocycles. The molecule has 0 radical (unpaired) electrons. The lowest BCUT2D eigenvalue weighted by molar-refractivity contribution is 0.190. The zero-order chi connectivity index (χ0) is 13.0. The van der Waals surface area contributed by atoms with Crippen LogP contribution in [-0.4, -0.2) is 34.3 Å². The van der Waals surface area contributed by atoms with Crippen molar-refractivity contribution in [3.63, 3.8) is 0 Å². The van der Waals surface area contributed by atoms with E-state index >= 15 is 0 Å². The van der Waals surface area contributed by atoms with Gasteiger partial charge in [-0.3, -0.25) is 4.57 Å². The number of anilines is 1. The van der Waals surface area contributed by atoms with Crippen molar-refractivity contribution < 1.29 is 4.74 Å². The normalized spacial score (nSPS) is 12.4. The van der Waals surface area contributed by atoms with Crippen molar-refractivity contribution in [1.82, 2.24) is 14.5 Å². The van der Waals surface area contributed by atoms with Crippen molar-refractivity contribution in [3.05, 3.63) is 36.5 Å². The highest BCUT2D eigenvalue weighted by Crippen LogP contribution is 2.19. The second-order valence-corrected chi connectivity index (χ2v) is 4.22. The van der Waals surface area contributed by atoms with E-state index in [0.29, 0.717) is 6.61 Å². The van der Waals surface area contributed by atoms with Crippen LogP contribution in [0.3, 0.4) is 0 Å². The molecule has 2 rings (SSSR count). The van der Waals surface area contributed by atoms with Gasteiger partial charge in [-0.05, 0) is 26.0 Å². The zero-order valence-electron chi connectivity index (χ0n) is 10.9. The van der Waals surface area contributed by atoms with Gasteiger partial charge < -0.3 is 10.1 Å². The molecule has 1 N–H and O–H groups in total. The summed E-state index contributed by atoms with van der Waals surface area (Å²) in [6, 6.07) is 4.15. The van der Waals surface area contributed by atoms with E-state index in [0.717, 1.165) is 17.3 Å². The van der Waals surface area contributed by atoms with Crippen LogP contribution in [0.5, 0.6) is 0 Å². The predicted molar refractivity (Wildman–Crippen MR) is 71.1 cm³/mol. The lowest BCUT2D eigenvalue weighted by Gasteiger charge is -2.17. The molecule has 0 aromatic carbocycles. The Morgan fingerprint density at radius 3 is 2.89 bits per heavy atom. The number of methoxy groups -OCH3 is 1. The second kappa shape index (κ2) is 5.64. The Labute approximate surface area is 107 Å². The molecular weight excluding hydrogens is 228 g/mol. The standard InChI is InChI=1S/C13H18N4O/c1-10(9-18-3)16-12-5-4-6-15-13(12)17-8-7-14-11(17)2/h4-8,10,16H,9H2,1-3H3. The Morgan fingerprint density at radius 1 is 1.39 bits per heavy atom. The molecular formula is C13H18N4O. The van der Waals surface area contributed by atoms with Crippen LogP contribution in [0.2, 0.25) is 0 Å². The van der Waals surface area contributed by atoms with Gasteiger partial charge in [-0.25, -0.2) is 9.97 Å². The Balaban J connectivity index is 2.29. The minimum absolute atomic E-state index is 0.224. The van der Waals surface area contributed by atoms with E-state index in [-0.39, 0.29) is 6.04 Å². The maximum absolute atomic E-state index is 5.13. The van der Waals surface area contributed by atoms with Crippen LogP contribution in [0.4, 0.5) is 5.69 Å². The predicted octanol–water partition coefficient (Wildman–Crippen LogP) is 2.02. The lowest BCUT2D eigenvalue weighted by Crippen LogP contribution is -2.22. The third-order valence-corrected chi connectivity index (χ3v) is 2.66. The van der Waals surface area contributed by atoms with Crippen molar-refractivity contribution >= 4 is 5.69 Å². The average Bonchev–Trinajstić information content (AvgIpc) is 2.76. The van der Waals surface area contributed by atoms with E-state index in [1.54, 1.807) is 19.5 Å². The van der Waals surface area contributed by atoms with Crippen molar-refractivity contribution in [1.29, 1.82) is 0 Å². The molecule has 0 amide bonds. The molecule has 2 aromatic heterocycles. The van der Waals surface area contributed by atoms with E-state index < -0.39 is 0 Å². The maximum Gasteiger partial charge on any atom is 0.161 e. The Kier molecular flexibility index (Phi) is 3.94. The monoisotopic (exact) mass is 246 g/mol. The molecule has 1 atom stereocenters. The smallest absolute Gasteiger partial charge is 0.161 e. The molecule has 2 aromatic rings. The van der Waals surface area contributed by atoms with Crippen LogP contribution < -0.4 is 5.32 Å². The van der Waals surface area contributed by atoms with E-state index in [9.17, 15) is 0 Å². The molecule has 5 heteroatoms. The van der Waals surface area contributed by atoms with E-state index in [4.69, 9.17) is 4.74 Å². The number of hydrogen-bond acceptors (Lipinski definition) is 4. The summed E-state index contributed by atoms with van der Waals surface area (Å²) in [7, 11) is 1.70. The van der Waals surface area contributed by atoms with E-state index in [2.05, 4.69) is 22.2 Å². The van der Waals surface area contributed by atoms with Crippen LogP contribution >= 0.6 is 0 Å². The van der Waals surface area contributed by atoms with Gasteiger partial charge in [0, 0.05) is 31.7 Å². The summed E-state index contributed by atoms with van der Waals surface area (Å²) >= 11 is 0. The lowest BCUT2D eigenvalue weighted by atomic mass is 10.3. The molecule has 1 unspecified atom stereocenters. The Morgan fingerprint density at radius 2 is 2.22 bits per heavy atom. The fourth-order valence-electron chi connectivity index (χ4n) is 1.86. The van der Waals surface area contributed by atoms with Crippen LogP contribution in [0, 0.1) is 6.92 Å². The van der Waals surface area contributed by atoms with Crippen LogP contribution in [-0.2, 0) is 4.74 Å². The third kappa shape index (κ3) is 2.68. The number of aromatic nitrogens is 3. The quantitative estimate of drug-likeness (QED) is 0.877. The maximum atomic E-state index is 5.13. The number of pyridine rings is 1. The average molecular weight is 246 g/mol. The Hall–Kier alpha value is -1.88. The molecule has 2 heterocycles. The summed E-state index contributed by atoms with van der Waals surface area (Å²) in [6.07, 6.45) is 5.46. The van der Waals surface area contributed by atoms with Gasteiger partial charge in [0.2, 0.25) is 0 Å². The number of nitrogens with one attached hydrogen (secondary N) is 1. The van der Waals surface area contributed by atoms with Crippen LogP contribution in [0.25, 0.3) is 5.82 Å². The highest BCUT2D eigenvalue weighted by atomic mass is 16.5. The van der Waals surface area contributed by atoms with Gasteiger partial charge in [-0.1, -0.05) is 0 Å². The first kappa shape index (κ1) is 12.6. The first-order chi connectivity index (χ1) is 8.72. The second-order valence-electron chi connectivity index (χ2n) is 4.22. The molecule has 96 valence electrons. The van der Waals surface area contributed by atoms with Crippen molar-refractivity contribution in [3.8, 4) is 5.82 Å². The van der Waals surface area contributed by atoms with Gasteiger partial charge in [-0.15, -0.1) is 0 Å². The number of rotatable bonds is 5. The van der Waals surface area contributed by atoms with E-state index in [1.807, 2.05) is 29.8 Å². The minimum Gasteiger partial charge on any atom is -0.383 e. The molecule has 0 fully saturated rings. The molecule has 0 spiro atoms. The summed E-state index contributed by atoms with van der Waals surface area (Å²) < 4.78 is 7.09. The highest BCUT2D eigenvalue weighted by molar-refractivity contribution is 5.57. The van der Waals surface area contributed by atoms with Crippen molar-refractivity contribution in [2.75, 3.05) is 19.0 Å². The molecule has 0 aliphatic heterocycles. The van der Waals surface area contributed by atoms with Gasteiger partial charge in [0.05, 0.1) is 12.3 Å². The number of nitrogens with zero attached hydrogens (tertiary/aromatic N) is 3. The number of ether oxygens (including phenoxy) is 1. The molecule has 0 aliphatic rings. The van der Waals surface area contributed by atoms with Crippen LogP contribution in [0.1, 0.15) is 12.7 Å². The number of imidazole rings is 1. The summed E-state index contributed by atoms with van der Waals surface area (Å²) in [6.45, 7) is 4.68. The fraction of sp³-hybridized carbons (Fsp3) is 0.385. The van der Waals surface area contributed by atoms with Gasteiger partial charge in [0.1, 0.15) is 5.82 Å².